The maximum Gasteiger partial charge on any atom is 0.267 e. The topological polar surface area (TPSA) is 56.9 Å². The van der Waals surface area contributed by atoms with Gasteiger partial charge < -0.3 is 4.57 Å². The van der Waals surface area contributed by atoms with Crippen molar-refractivity contribution in [2.45, 2.75) is 66.6 Å². The Balaban J connectivity index is 1.71. The highest BCUT2D eigenvalue weighted by Gasteiger charge is 2.21. The average molecular weight is 508 g/mol. The molecule has 0 saturated heterocycles. The number of Topliss-reactive ketones (excluding diaryl/α,β-unsaturated/α-hetero) is 1. The second-order valence-corrected chi connectivity index (χ2v) is 11.8. The van der Waals surface area contributed by atoms with Gasteiger partial charge in [0.2, 0.25) is 0 Å². The van der Waals surface area contributed by atoms with E-state index in [-0.39, 0.29) is 17.1 Å². The van der Waals surface area contributed by atoms with Gasteiger partial charge in [0.1, 0.15) is 4.83 Å². The number of carbonyl (C=O) groups is 1. The van der Waals surface area contributed by atoms with Crippen molar-refractivity contribution in [2.24, 2.45) is 5.92 Å². The minimum atomic E-state index is -0.0794. The summed E-state index contributed by atoms with van der Waals surface area (Å²) in [5.74, 6) is 0.888. The number of benzene rings is 1. The van der Waals surface area contributed by atoms with Crippen LogP contribution in [0.3, 0.4) is 0 Å². The fourth-order valence-corrected chi connectivity index (χ4v) is 6.36. The normalized spacial score (nSPS) is 11.7. The largest absolute Gasteiger partial charge is 0.348 e. The van der Waals surface area contributed by atoms with Crippen molar-refractivity contribution in [3.05, 3.63) is 73.6 Å². The van der Waals surface area contributed by atoms with Gasteiger partial charge in [-0.05, 0) is 76.3 Å². The molecule has 0 N–H and O–H groups in total. The van der Waals surface area contributed by atoms with Crippen LogP contribution in [0.4, 0.5) is 0 Å². The number of ketones is 1. The molecule has 0 amide bonds. The second kappa shape index (κ2) is 10.2. The van der Waals surface area contributed by atoms with Crippen LogP contribution in [0.1, 0.15) is 58.0 Å². The lowest BCUT2D eigenvalue weighted by atomic mass is 10.1. The number of hydrogen-bond donors (Lipinski definition) is 0. The Morgan fingerprint density at radius 2 is 1.86 bits per heavy atom. The molecule has 3 heterocycles. The first-order valence-electron chi connectivity index (χ1n) is 12.0. The lowest BCUT2D eigenvalue weighted by Crippen LogP contribution is -2.22. The van der Waals surface area contributed by atoms with Crippen molar-refractivity contribution >= 4 is 39.1 Å². The van der Waals surface area contributed by atoms with Crippen molar-refractivity contribution < 1.29 is 4.79 Å². The first kappa shape index (κ1) is 25.5. The van der Waals surface area contributed by atoms with Crippen molar-refractivity contribution in [1.82, 2.24) is 14.1 Å². The summed E-state index contributed by atoms with van der Waals surface area (Å²) < 4.78 is 3.90. The Morgan fingerprint density at radius 1 is 1.11 bits per heavy atom. The number of carbonyl (C=O) groups excluding carboxylic acids is 1. The Bertz CT molecular complexity index is 1470. The highest BCUT2D eigenvalue weighted by Crippen LogP contribution is 2.30. The van der Waals surface area contributed by atoms with E-state index in [9.17, 15) is 9.59 Å². The molecule has 0 bridgehead atoms. The number of hydrogen-bond acceptors (Lipinski definition) is 5. The summed E-state index contributed by atoms with van der Waals surface area (Å²) in [5.41, 5.74) is 5.61. The van der Waals surface area contributed by atoms with Gasteiger partial charge in [-0.25, -0.2) is 4.98 Å². The van der Waals surface area contributed by atoms with Crippen molar-refractivity contribution in [1.29, 1.82) is 0 Å². The van der Waals surface area contributed by atoms with Gasteiger partial charge in [0.05, 0.1) is 16.8 Å². The summed E-state index contributed by atoms with van der Waals surface area (Å²) in [6.45, 7) is 15.4. The molecule has 4 rings (SSSR count). The zero-order valence-corrected chi connectivity index (χ0v) is 23.2. The smallest absolute Gasteiger partial charge is 0.267 e. The van der Waals surface area contributed by atoms with Gasteiger partial charge in [-0.2, -0.15) is 0 Å². The van der Waals surface area contributed by atoms with Gasteiger partial charge in [-0.15, -0.1) is 11.3 Å². The molecule has 7 heteroatoms. The first-order valence-corrected chi connectivity index (χ1v) is 13.8. The summed E-state index contributed by atoms with van der Waals surface area (Å²) in [6, 6.07) is 9.85. The molecule has 4 aromatic rings. The molecule has 1 aromatic carbocycles. The zero-order chi connectivity index (χ0) is 25.4. The van der Waals surface area contributed by atoms with Gasteiger partial charge in [0, 0.05) is 28.4 Å². The maximum atomic E-state index is 13.7. The van der Waals surface area contributed by atoms with E-state index in [2.05, 4.69) is 25.3 Å². The van der Waals surface area contributed by atoms with Gasteiger partial charge in [0.25, 0.3) is 5.56 Å². The molecule has 0 atom stereocenters. The number of nitrogens with zero attached hydrogens (tertiary/aromatic N) is 3. The minimum absolute atomic E-state index is 0.0579. The van der Waals surface area contributed by atoms with E-state index in [1.165, 1.54) is 23.1 Å². The summed E-state index contributed by atoms with van der Waals surface area (Å²) in [4.78, 5) is 33.7. The lowest BCUT2D eigenvalue weighted by Gasteiger charge is -2.13. The highest BCUT2D eigenvalue weighted by molar-refractivity contribution is 7.99. The SMILES string of the molecule is Cc1cccc(-n2c(SCC(=O)c3cc(C)n(CCC(C)C)c3C)nc3sc(C)c(C)c3c2=O)c1. The number of thioether (sulfide) groups is 1. The molecule has 0 radical (unpaired) electrons. The lowest BCUT2D eigenvalue weighted by molar-refractivity contribution is 0.102. The van der Waals surface area contributed by atoms with E-state index in [0.717, 1.165) is 56.4 Å². The molecular formula is C28H33N3O2S2. The molecule has 0 fully saturated rings. The third-order valence-corrected chi connectivity index (χ3v) is 8.61. The van der Waals surface area contributed by atoms with Gasteiger partial charge in [0.15, 0.2) is 10.9 Å². The van der Waals surface area contributed by atoms with Gasteiger partial charge >= 0.3 is 0 Å². The molecule has 184 valence electrons. The summed E-state index contributed by atoms with van der Waals surface area (Å²) in [6.07, 6.45) is 1.07. The van der Waals surface area contributed by atoms with Gasteiger partial charge in [-0.3, -0.25) is 14.2 Å². The summed E-state index contributed by atoms with van der Waals surface area (Å²) in [5, 5.41) is 1.22. The number of thiophene rings is 1. The fraction of sp³-hybridized carbons (Fsp3) is 0.393. The van der Waals surface area contributed by atoms with Crippen LogP contribution in [-0.2, 0) is 6.54 Å². The van der Waals surface area contributed by atoms with E-state index in [4.69, 9.17) is 4.98 Å². The average Bonchev–Trinajstić information content (AvgIpc) is 3.24. The summed E-state index contributed by atoms with van der Waals surface area (Å²) in [7, 11) is 0. The highest BCUT2D eigenvalue weighted by atomic mass is 32.2. The molecule has 35 heavy (non-hydrogen) atoms. The molecule has 5 nitrogen and oxygen atoms in total. The Morgan fingerprint density at radius 3 is 2.54 bits per heavy atom. The van der Waals surface area contributed by atoms with E-state index >= 15 is 0 Å². The van der Waals surface area contributed by atoms with Crippen LogP contribution in [0.5, 0.6) is 0 Å². The van der Waals surface area contributed by atoms with E-state index < -0.39 is 0 Å². The summed E-state index contributed by atoms with van der Waals surface area (Å²) >= 11 is 2.87. The Labute approximate surface area is 215 Å². The first-order chi connectivity index (χ1) is 16.6. The third kappa shape index (κ3) is 5.02. The molecule has 3 aromatic heterocycles. The van der Waals surface area contributed by atoms with Crippen LogP contribution in [0.2, 0.25) is 0 Å². The predicted octanol–water partition coefficient (Wildman–Crippen LogP) is 6.81. The molecule has 0 unspecified atom stereocenters. The van der Waals surface area contributed by atoms with Crippen LogP contribution in [-0.4, -0.2) is 25.7 Å². The van der Waals surface area contributed by atoms with Crippen LogP contribution in [0.25, 0.3) is 15.9 Å². The predicted molar refractivity (Wildman–Crippen MR) is 148 cm³/mol. The van der Waals surface area contributed by atoms with Crippen molar-refractivity contribution in [2.75, 3.05) is 5.75 Å². The molecule has 0 aliphatic rings. The molecule has 0 spiro atoms. The molecule has 0 aliphatic heterocycles. The molecular weight excluding hydrogens is 474 g/mol. The van der Waals surface area contributed by atoms with E-state index in [1.54, 1.807) is 4.57 Å². The van der Waals surface area contributed by atoms with E-state index in [0.29, 0.717) is 16.5 Å². The molecule has 0 aliphatic carbocycles. The Kier molecular flexibility index (Phi) is 7.38. The van der Waals surface area contributed by atoms with Crippen molar-refractivity contribution in [3.8, 4) is 5.69 Å². The van der Waals surface area contributed by atoms with Crippen LogP contribution >= 0.6 is 23.1 Å². The quantitative estimate of drug-likeness (QED) is 0.149. The number of aryl methyl sites for hydroxylation is 4. The van der Waals surface area contributed by atoms with Crippen LogP contribution in [0, 0.1) is 40.5 Å². The fourth-order valence-electron chi connectivity index (χ4n) is 4.39. The standard InChI is InChI=1S/C28H33N3O2S2/c1-16(2)11-12-30-18(4)14-23(20(30)6)24(32)15-34-28-29-26-25(19(5)21(7)35-26)27(33)31(28)22-10-8-9-17(3)13-22/h8-10,13-14,16H,11-12,15H2,1-7H3. The number of fused-ring (bicyclic) bond motifs is 1. The number of aromatic nitrogens is 3. The van der Waals surface area contributed by atoms with Crippen molar-refractivity contribution in [3.63, 3.8) is 0 Å². The van der Waals surface area contributed by atoms with Crippen LogP contribution in [0.15, 0.2) is 40.3 Å². The molecule has 0 saturated carbocycles. The number of rotatable bonds is 8. The second-order valence-electron chi connectivity index (χ2n) is 9.67. The Hall–Kier alpha value is -2.64. The maximum absolute atomic E-state index is 13.7. The van der Waals surface area contributed by atoms with Crippen LogP contribution < -0.4 is 5.56 Å². The third-order valence-electron chi connectivity index (χ3n) is 6.57. The minimum Gasteiger partial charge on any atom is -0.348 e. The monoisotopic (exact) mass is 507 g/mol. The van der Waals surface area contributed by atoms with E-state index in [1.807, 2.05) is 58.0 Å². The zero-order valence-electron chi connectivity index (χ0n) is 21.6. The van der Waals surface area contributed by atoms with Gasteiger partial charge in [-0.1, -0.05) is 37.7 Å².